The van der Waals surface area contributed by atoms with Crippen molar-refractivity contribution < 1.29 is 62.4 Å². The quantitative estimate of drug-likeness (QED) is 0.123. The molecule has 0 radical (unpaired) electrons. The number of benzene rings is 1. The highest BCUT2D eigenvalue weighted by atomic mass is 16.8. The summed E-state index contributed by atoms with van der Waals surface area (Å²) in [6.45, 7) is 19.0. The molecule has 7 unspecified atom stereocenters. The van der Waals surface area contributed by atoms with Crippen LogP contribution in [-0.4, -0.2) is 100 Å². The minimum Gasteiger partial charge on any atom is -0.482 e. The number of nitriles is 1. The number of allylic oxidation sites excluding steroid dienone is 4. The predicted molar refractivity (Wildman–Crippen MR) is 239 cm³/mol. The van der Waals surface area contributed by atoms with E-state index in [4.69, 9.17) is 42.6 Å². The van der Waals surface area contributed by atoms with E-state index < -0.39 is 88.5 Å². The van der Waals surface area contributed by atoms with Gasteiger partial charge in [-0.2, -0.15) is 5.26 Å². The molecule has 10 rings (SSSR count). The number of nitrogens with one attached hydrogen (secondary N) is 1. The number of aliphatic hydroxyl groups excluding tert-OH is 2. The van der Waals surface area contributed by atoms with E-state index in [0.29, 0.717) is 41.7 Å². The summed E-state index contributed by atoms with van der Waals surface area (Å²) in [5.41, 5.74) is -0.820. The summed E-state index contributed by atoms with van der Waals surface area (Å²) in [6.07, 6.45) is 5.32. The Morgan fingerprint density at radius 1 is 1.02 bits per heavy atom. The lowest BCUT2D eigenvalue weighted by Crippen LogP contribution is -2.75. The van der Waals surface area contributed by atoms with Crippen LogP contribution in [0.15, 0.2) is 46.6 Å². The predicted octanol–water partition coefficient (Wildman–Crippen LogP) is 6.96. The van der Waals surface area contributed by atoms with Gasteiger partial charge in [0.2, 0.25) is 12.2 Å². The zero-order valence-electron chi connectivity index (χ0n) is 39.7. The van der Waals surface area contributed by atoms with Crippen LogP contribution in [-0.2, 0) is 44.4 Å². The third kappa shape index (κ3) is 6.84. The Kier molecular flexibility index (Phi) is 11.1. The summed E-state index contributed by atoms with van der Waals surface area (Å²) in [4.78, 5) is 28.4. The number of nitrogens with zero attached hydrogens (tertiary/aromatic N) is 1. The van der Waals surface area contributed by atoms with Gasteiger partial charge in [-0.3, -0.25) is 10.2 Å². The second-order valence-electron chi connectivity index (χ2n) is 20.8. The molecule has 1 aromatic rings. The van der Waals surface area contributed by atoms with Crippen LogP contribution in [0.3, 0.4) is 0 Å². The summed E-state index contributed by atoms with van der Waals surface area (Å²) in [7, 11) is 1.29. The van der Waals surface area contributed by atoms with Crippen LogP contribution in [0.4, 0.5) is 0 Å². The smallest absolute Gasteiger partial charge is 0.333 e. The van der Waals surface area contributed by atoms with Gasteiger partial charge in [0.15, 0.2) is 22.8 Å². The van der Waals surface area contributed by atoms with Crippen molar-refractivity contribution in [2.45, 2.75) is 160 Å². The van der Waals surface area contributed by atoms with Crippen molar-refractivity contribution in [1.82, 2.24) is 0 Å². The van der Waals surface area contributed by atoms with Crippen LogP contribution >= 0.6 is 0 Å². The Labute approximate surface area is 385 Å². The summed E-state index contributed by atoms with van der Waals surface area (Å²) in [5.74, 6) is -4.50. The van der Waals surface area contributed by atoms with Gasteiger partial charge in [0, 0.05) is 40.9 Å². The number of aliphatic hydroxyl groups is 2. The molecule has 4 bridgehead atoms. The van der Waals surface area contributed by atoms with Gasteiger partial charge in [-0.05, 0) is 107 Å². The van der Waals surface area contributed by atoms with Gasteiger partial charge < -0.3 is 52.8 Å². The molecule has 6 heterocycles. The topological polar surface area (TPSA) is 205 Å². The number of hydrogen-bond acceptors (Lipinski definition) is 15. The van der Waals surface area contributed by atoms with E-state index in [1.165, 1.54) is 12.7 Å². The molecule has 3 saturated heterocycles. The summed E-state index contributed by atoms with van der Waals surface area (Å²) >= 11 is 0. The van der Waals surface area contributed by atoms with Crippen molar-refractivity contribution >= 4 is 29.5 Å². The Morgan fingerprint density at radius 2 is 1.74 bits per heavy atom. The van der Waals surface area contributed by atoms with E-state index in [1.807, 2.05) is 66.7 Å². The first kappa shape index (κ1) is 46.3. The lowest BCUT2D eigenvalue weighted by Gasteiger charge is -2.62. The second-order valence-corrected chi connectivity index (χ2v) is 20.8. The van der Waals surface area contributed by atoms with E-state index in [2.05, 4.69) is 12.1 Å². The molecule has 1 aromatic carbocycles. The number of hydrogen-bond donors (Lipinski definition) is 3. The van der Waals surface area contributed by atoms with Crippen molar-refractivity contribution in [2.75, 3.05) is 13.7 Å². The largest absolute Gasteiger partial charge is 0.482 e. The minimum absolute atomic E-state index is 0.0449. The lowest BCUT2D eigenvalue weighted by atomic mass is 9.44. The number of ether oxygens (including phenoxy) is 9. The molecule has 3 N–H and O–H groups in total. The van der Waals surface area contributed by atoms with Crippen molar-refractivity contribution in [2.24, 2.45) is 23.7 Å². The maximum atomic E-state index is 15.5. The molecule has 12 atom stereocenters. The minimum atomic E-state index is -1.72. The number of carbonyl (C=O) groups excluding carboxylic acids is 2. The fraction of sp³-hybridized carbons (Fsp3) is 0.608. The first-order valence-corrected chi connectivity index (χ1v) is 23.0. The zero-order valence-corrected chi connectivity index (χ0v) is 39.7. The Bertz CT molecular complexity index is 2480. The molecule has 6 aliphatic heterocycles. The number of fused-ring (bicyclic) bond motifs is 4. The molecule has 3 saturated carbocycles. The van der Waals surface area contributed by atoms with Crippen LogP contribution in [0.2, 0.25) is 0 Å². The Morgan fingerprint density at radius 3 is 2.42 bits per heavy atom. The van der Waals surface area contributed by atoms with Gasteiger partial charge in [-0.1, -0.05) is 29.4 Å². The van der Waals surface area contributed by atoms with Crippen LogP contribution in [0.5, 0.6) is 17.2 Å². The van der Waals surface area contributed by atoms with Crippen molar-refractivity contribution in [3.8, 4) is 23.3 Å². The average Bonchev–Trinajstić information content (AvgIpc) is 3.39. The Balaban J connectivity index is 1.33. The summed E-state index contributed by atoms with van der Waals surface area (Å²) in [5, 5.41) is 43.6. The van der Waals surface area contributed by atoms with Gasteiger partial charge in [0.05, 0.1) is 31.0 Å². The Hall–Kier alpha value is -4.82. The molecule has 15 nitrogen and oxygen atoms in total. The highest BCUT2D eigenvalue weighted by Gasteiger charge is 2.84. The van der Waals surface area contributed by atoms with E-state index in [9.17, 15) is 25.7 Å². The number of methoxy groups -OCH3 is 1. The van der Waals surface area contributed by atoms with Crippen LogP contribution in [0, 0.1) is 40.4 Å². The first-order valence-electron chi connectivity index (χ1n) is 23.0. The number of esters is 1. The van der Waals surface area contributed by atoms with Crippen LogP contribution < -0.4 is 14.2 Å². The molecule has 0 amide bonds. The van der Waals surface area contributed by atoms with Gasteiger partial charge in [0.1, 0.15) is 64.5 Å². The summed E-state index contributed by atoms with van der Waals surface area (Å²) in [6, 6.07) is 2.29. The second kappa shape index (κ2) is 15.9. The van der Waals surface area contributed by atoms with E-state index in [0.717, 1.165) is 12.0 Å². The number of carbonyl (C=O) groups is 2. The molecule has 354 valence electrons. The molecule has 6 fully saturated rings. The fourth-order valence-electron chi connectivity index (χ4n) is 11.8. The number of ketones is 1. The molecular weight excluding hydrogens is 849 g/mol. The fourth-order valence-corrected chi connectivity index (χ4v) is 11.8. The van der Waals surface area contributed by atoms with E-state index in [1.54, 1.807) is 26.8 Å². The zero-order chi connectivity index (χ0) is 47.6. The van der Waals surface area contributed by atoms with Crippen LogP contribution in [0.1, 0.15) is 112 Å². The third-order valence-corrected chi connectivity index (χ3v) is 14.9. The number of Topliss-reactive ketones (excluding diaryl/α,β-unsaturated/α-hetero) is 1. The van der Waals surface area contributed by atoms with Gasteiger partial charge >= 0.3 is 5.97 Å². The van der Waals surface area contributed by atoms with Crippen molar-refractivity contribution in [1.29, 1.82) is 10.7 Å². The molecule has 1 spiro atoms. The van der Waals surface area contributed by atoms with Gasteiger partial charge in [0.25, 0.3) is 0 Å². The molecule has 3 aliphatic carbocycles. The van der Waals surface area contributed by atoms with Crippen LogP contribution in [0.25, 0.3) is 11.8 Å². The monoisotopic (exact) mass is 910 g/mol. The molecule has 66 heavy (non-hydrogen) atoms. The average molecular weight is 911 g/mol. The highest BCUT2D eigenvalue weighted by Crippen LogP contribution is 2.74. The third-order valence-electron chi connectivity index (χ3n) is 14.9. The maximum Gasteiger partial charge on any atom is 0.333 e. The molecular formula is C51H62N2O13. The normalized spacial score (nSPS) is 37.2. The molecule has 0 aromatic heterocycles. The summed E-state index contributed by atoms with van der Waals surface area (Å²) < 4.78 is 59.1. The molecule has 15 heteroatoms. The standard InChI is InChI=1S/C51H62N2O13/c1-24(2)13-12-18-49(10)19-17-28-38(64-49)27(15-14-25(3)4)40-34(39(28)62-46-37(55)36(54)41-31(60-46)23-59-48(8,9)63-41)42-35-33(30(22-52)44(53)61-42)29-21-32-47(6,7)66-50(43(29)56,51(32,35)65-40)20-16-26(5)45(57)58-11/h13-14,16-17,19,29-33,36-37,41,46,53-55H,12,15,18,20-21,23H2,1-11H3/t29?,30?,31-,32?,33?,36-,37-,41-,46+,49?,50?,51?/m1/s1. The van der Waals surface area contributed by atoms with E-state index in [-0.39, 0.29) is 53.1 Å². The first-order chi connectivity index (χ1) is 31.0. The SMILES string of the molecule is COC(=O)C(C)=CCC12OC(C)(C)C3CC(C1=O)C1C4=C(OC(=N)C1C#N)c1c(O[C@@H]5O[C@@H]6COC(C)(C)O[C@H]6[C@H](O)[C@H]5O)c5c(c(CC=C(C)C)c1OC432)OC(C)(CCC=C(C)C)C=C5. The maximum absolute atomic E-state index is 15.5. The molecule has 9 aliphatic rings. The van der Waals surface area contributed by atoms with E-state index >= 15 is 4.79 Å². The van der Waals surface area contributed by atoms with Gasteiger partial charge in [-0.15, -0.1) is 0 Å². The lowest BCUT2D eigenvalue weighted by molar-refractivity contribution is -0.373. The highest BCUT2D eigenvalue weighted by molar-refractivity contribution is 6.03. The van der Waals surface area contributed by atoms with Crippen molar-refractivity contribution in [3.63, 3.8) is 0 Å². The van der Waals surface area contributed by atoms with Gasteiger partial charge in [-0.25, -0.2) is 4.79 Å². The van der Waals surface area contributed by atoms with Crippen molar-refractivity contribution in [3.05, 3.63) is 63.3 Å². The number of rotatable bonds is 10.